The maximum absolute atomic E-state index is 12.7. The van der Waals surface area contributed by atoms with Crippen LogP contribution in [-0.4, -0.2) is 26.1 Å². The van der Waals surface area contributed by atoms with Gasteiger partial charge in [-0.2, -0.15) is 0 Å². The number of hydrogen-bond donors (Lipinski definition) is 1. The number of carbonyl (C=O) groups is 1. The molecule has 0 saturated carbocycles. The molecular formula is C25H36N2O3S. The van der Waals surface area contributed by atoms with Gasteiger partial charge in [-0.05, 0) is 74.4 Å². The van der Waals surface area contributed by atoms with Crippen LogP contribution in [0.2, 0.25) is 0 Å². The Morgan fingerprint density at radius 3 is 2.06 bits per heavy atom. The molecule has 2 aromatic rings. The van der Waals surface area contributed by atoms with Crippen molar-refractivity contribution in [3.05, 3.63) is 64.7 Å². The van der Waals surface area contributed by atoms with E-state index in [2.05, 4.69) is 26.1 Å². The summed E-state index contributed by atoms with van der Waals surface area (Å²) < 4.78 is 26.4. The van der Waals surface area contributed by atoms with Crippen molar-refractivity contribution in [3.8, 4) is 0 Å². The molecule has 31 heavy (non-hydrogen) atoms. The highest BCUT2D eigenvalue weighted by Gasteiger charge is 2.27. The zero-order chi connectivity index (χ0) is 23.6. The van der Waals surface area contributed by atoms with Crippen LogP contribution in [0.25, 0.3) is 0 Å². The Bertz CT molecular complexity index is 1030. The van der Waals surface area contributed by atoms with Gasteiger partial charge in [0.2, 0.25) is 10.0 Å². The van der Waals surface area contributed by atoms with E-state index in [0.717, 1.165) is 23.1 Å². The molecule has 1 amide bonds. The van der Waals surface area contributed by atoms with Gasteiger partial charge in [0.05, 0.1) is 18.5 Å². The first-order valence-corrected chi connectivity index (χ1v) is 12.4. The zero-order valence-corrected chi connectivity index (χ0v) is 20.9. The zero-order valence-electron chi connectivity index (χ0n) is 20.0. The molecule has 0 spiro atoms. The van der Waals surface area contributed by atoms with Crippen LogP contribution in [0.1, 0.15) is 68.1 Å². The normalized spacial score (nSPS) is 12.5. The average Bonchev–Trinajstić information content (AvgIpc) is 2.59. The fourth-order valence-electron chi connectivity index (χ4n) is 4.05. The topological polar surface area (TPSA) is 66.5 Å². The Balaban J connectivity index is 2.22. The van der Waals surface area contributed by atoms with Gasteiger partial charge in [0.1, 0.15) is 0 Å². The van der Waals surface area contributed by atoms with E-state index >= 15 is 0 Å². The molecule has 0 bridgehead atoms. The molecule has 0 radical (unpaired) electrons. The molecule has 0 unspecified atom stereocenters. The lowest BCUT2D eigenvalue weighted by atomic mass is 9.81. The summed E-state index contributed by atoms with van der Waals surface area (Å²) in [4.78, 5) is 12.7. The number of nitrogens with one attached hydrogen (secondary N) is 1. The van der Waals surface area contributed by atoms with E-state index in [1.54, 1.807) is 12.1 Å². The first-order valence-electron chi connectivity index (χ1n) is 10.5. The lowest BCUT2D eigenvalue weighted by Crippen LogP contribution is -2.45. The fraction of sp³-hybridized carbons (Fsp3) is 0.480. The lowest BCUT2D eigenvalue weighted by Gasteiger charge is -2.33. The molecule has 0 heterocycles. The number of anilines is 1. The largest absolute Gasteiger partial charge is 0.347 e. The van der Waals surface area contributed by atoms with Crippen LogP contribution in [-0.2, 0) is 16.6 Å². The van der Waals surface area contributed by atoms with Crippen LogP contribution in [0.5, 0.6) is 0 Å². The number of rotatable bonds is 7. The third-order valence-corrected chi connectivity index (χ3v) is 6.13. The van der Waals surface area contributed by atoms with E-state index in [4.69, 9.17) is 0 Å². The first kappa shape index (κ1) is 24.9. The van der Waals surface area contributed by atoms with Gasteiger partial charge >= 0.3 is 0 Å². The molecule has 0 aliphatic rings. The van der Waals surface area contributed by atoms with Gasteiger partial charge in [0, 0.05) is 11.1 Å². The second kappa shape index (κ2) is 9.03. The summed E-state index contributed by atoms with van der Waals surface area (Å²) in [5, 5.41) is 3.11. The van der Waals surface area contributed by atoms with Crippen LogP contribution >= 0.6 is 0 Å². The van der Waals surface area contributed by atoms with Crippen molar-refractivity contribution in [2.45, 2.75) is 67.0 Å². The highest BCUT2D eigenvalue weighted by molar-refractivity contribution is 7.92. The van der Waals surface area contributed by atoms with Crippen molar-refractivity contribution in [2.24, 2.45) is 5.41 Å². The van der Waals surface area contributed by atoms with Gasteiger partial charge in [-0.15, -0.1) is 0 Å². The van der Waals surface area contributed by atoms with E-state index in [1.165, 1.54) is 10.6 Å². The second-order valence-electron chi connectivity index (χ2n) is 10.3. The number of aryl methyl sites for hydroxylation is 2. The highest BCUT2D eigenvalue weighted by Crippen LogP contribution is 2.28. The number of nitrogens with zero attached hydrogens (tertiary/aromatic N) is 1. The summed E-state index contributed by atoms with van der Waals surface area (Å²) >= 11 is 0. The number of benzene rings is 2. The molecule has 0 saturated heterocycles. The standard InChI is InChI=1S/C25H36N2O3S/c1-18-9-10-19(2)22(15-18)27(31(8,29)30)16-20-11-13-21(14-12-20)23(28)26-25(6,7)17-24(3,4)5/h9-15H,16-17H2,1-8H3,(H,26,28). The second-order valence-corrected chi connectivity index (χ2v) is 12.2. The van der Waals surface area contributed by atoms with Crippen molar-refractivity contribution < 1.29 is 13.2 Å². The molecule has 0 aliphatic carbocycles. The fourth-order valence-corrected chi connectivity index (χ4v) is 4.98. The van der Waals surface area contributed by atoms with Gasteiger partial charge in [0.25, 0.3) is 5.91 Å². The van der Waals surface area contributed by atoms with E-state index in [9.17, 15) is 13.2 Å². The Labute approximate surface area is 187 Å². The summed E-state index contributed by atoms with van der Waals surface area (Å²) in [5.41, 5.74) is 3.72. The van der Waals surface area contributed by atoms with Gasteiger partial charge < -0.3 is 5.32 Å². The Morgan fingerprint density at radius 2 is 1.55 bits per heavy atom. The van der Waals surface area contributed by atoms with Crippen molar-refractivity contribution in [1.82, 2.24) is 5.32 Å². The minimum absolute atomic E-state index is 0.101. The van der Waals surface area contributed by atoms with Gasteiger partial charge in [-0.25, -0.2) is 8.42 Å². The van der Waals surface area contributed by atoms with Crippen molar-refractivity contribution in [2.75, 3.05) is 10.6 Å². The molecule has 0 fully saturated rings. The monoisotopic (exact) mass is 444 g/mol. The van der Waals surface area contributed by atoms with Gasteiger partial charge in [-0.3, -0.25) is 9.10 Å². The molecule has 170 valence electrons. The summed E-state index contributed by atoms with van der Waals surface area (Å²) in [7, 11) is -3.47. The molecule has 2 rings (SSSR count). The van der Waals surface area contributed by atoms with Crippen LogP contribution in [0.3, 0.4) is 0 Å². The molecule has 0 atom stereocenters. The SMILES string of the molecule is Cc1ccc(C)c(N(Cc2ccc(C(=O)NC(C)(C)CC(C)(C)C)cc2)S(C)(=O)=O)c1. The summed E-state index contributed by atoms with van der Waals surface area (Å²) in [6.07, 6.45) is 2.07. The summed E-state index contributed by atoms with van der Waals surface area (Å²) in [6, 6.07) is 12.9. The van der Waals surface area contributed by atoms with Gasteiger partial charge in [-0.1, -0.05) is 45.0 Å². The van der Waals surface area contributed by atoms with E-state index in [-0.39, 0.29) is 23.4 Å². The number of carbonyl (C=O) groups excluding carboxylic acids is 1. The Hall–Kier alpha value is -2.34. The van der Waals surface area contributed by atoms with Crippen LogP contribution in [0.4, 0.5) is 5.69 Å². The highest BCUT2D eigenvalue weighted by atomic mass is 32.2. The van der Waals surface area contributed by atoms with Crippen LogP contribution in [0.15, 0.2) is 42.5 Å². The summed E-state index contributed by atoms with van der Waals surface area (Å²) in [5.74, 6) is -0.129. The van der Waals surface area contributed by atoms with E-state index in [1.807, 2.05) is 58.0 Å². The Kier molecular flexibility index (Phi) is 7.26. The molecule has 2 aromatic carbocycles. The van der Waals surface area contributed by atoms with Crippen molar-refractivity contribution in [1.29, 1.82) is 0 Å². The maximum atomic E-state index is 12.7. The van der Waals surface area contributed by atoms with E-state index in [0.29, 0.717) is 11.3 Å². The predicted molar refractivity (Wildman–Crippen MR) is 129 cm³/mol. The minimum atomic E-state index is -3.47. The quantitative estimate of drug-likeness (QED) is 0.637. The van der Waals surface area contributed by atoms with Crippen LogP contribution in [0, 0.1) is 19.3 Å². The molecule has 0 aliphatic heterocycles. The predicted octanol–water partition coefficient (Wildman–Crippen LogP) is 5.21. The van der Waals surface area contributed by atoms with Crippen molar-refractivity contribution in [3.63, 3.8) is 0 Å². The number of hydrogen-bond acceptors (Lipinski definition) is 3. The number of amides is 1. The number of sulfonamides is 1. The Morgan fingerprint density at radius 1 is 0.968 bits per heavy atom. The first-order chi connectivity index (χ1) is 14.1. The van der Waals surface area contributed by atoms with Crippen LogP contribution < -0.4 is 9.62 Å². The third-order valence-electron chi connectivity index (χ3n) is 5.00. The molecule has 6 heteroatoms. The minimum Gasteiger partial charge on any atom is -0.347 e. The van der Waals surface area contributed by atoms with E-state index < -0.39 is 10.0 Å². The van der Waals surface area contributed by atoms with Gasteiger partial charge in [0.15, 0.2) is 0 Å². The molecule has 1 N–H and O–H groups in total. The molecular weight excluding hydrogens is 408 g/mol. The smallest absolute Gasteiger partial charge is 0.251 e. The molecule has 5 nitrogen and oxygen atoms in total. The summed E-state index contributed by atoms with van der Waals surface area (Å²) in [6.45, 7) is 14.6. The third kappa shape index (κ3) is 7.39. The maximum Gasteiger partial charge on any atom is 0.251 e. The van der Waals surface area contributed by atoms with Crippen molar-refractivity contribution >= 4 is 21.6 Å². The molecule has 0 aromatic heterocycles. The lowest BCUT2D eigenvalue weighted by molar-refractivity contribution is 0.0891. The average molecular weight is 445 g/mol.